The molecule has 0 spiro atoms. The largest absolute Gasteiger partial charge is 0.444 e. The summed E-state index contributed by atoms with van der Waals surface area (Å²) in [4.78, 5) is 36.3. The number of benzene rings is 2. The monoisotopic (exact) mass is 603 g/mol. The molecule has 0 aliphatic carbocycles. The van der Waals surface area contributed by atoms with Gasteiger partial charge in [-0.2, -0.15) is 10.5 Å². The molecule has 0 radical (unpaired) electrons. The zero-order valence-electron chi connectivity index (χ0n) is 26.3. The smallest absolute Gasteiger partial charge is 0.429 e. The molecule has 4 rings (SSSR count). The highest BCUT2D eigenvalue weighted by Crippen LogP contribution is 2.25. The second kappa shape index (κ2) is 14.5. The van der Waals surface area contributed by atoms with Crippen molar-refractivity contribution >= 4 is 29.5 Å². The van der Waals surface area contributed by atoms with Crippen LogP contribution in [0.2, 0.25) is 0 Å². The minimum Gasteiger partial charge on any atom is -0.444 e. The van der Waals surface area contributed by atoms with Crippen molar-refractivity contribution in [2.24, 2.45) is 0 Å². The Morgan fingerprint density at radius 2 is 1.23 bits per heavy atom. The van der Waals surface area contributed by atoms with E-state index in [1.165, 1.54) is 0 Å². The molecule has 0 bridgehead atoms. The van der Waals surface area contributed by atoms with Crippen molar-refractivity contribution < 1.29 is 23.9 Å². The average molecular weight is 604 g/mol. The number of hydrogen-bond donors (Lipinski definition) is 1. The minimum absolute atomic E-state index is 0.136. The highest BCUT2D eigenvalue weighted by Gasteiger charge is 2.31. The molecule has 0 unspecified atom stereocenters. The van der Waals surface area contributed by atoms with Gasteiger partial charge in [-0.1, -0.05) is 12.1 Å². The van der Waals surface area contributed by atoms with Gasteiger partial charge in [-0.3, -0.25) is 19.8 Å². The second-order valence-corrected chi connectivity index (χ2v) is 12.3. The lowest BCUT2D eigenvalue weighted by molar-refractivity contribution is -0.129. The first-order valence-electron chi connectivity index (χ1n) is 14.5. The van der Waals surface area contributed by atoms with Crippen LogP contribution in [0.3, 0.4) is 0 Å². The van der Waals surface area contributed by atoms with Gasteiger partial charge < -0.3 is 14.8 Å². The van der Waals surface area contributed by atoms with E-state index in [0.29, 0.717) is 30.8 Å². The van der Waals surface area contributed by atoms with Crippen LogP contribution < -0.4 is 15.3 Å². The number of rotatable bonds is 4. The first kappa shape index (κ1) is 33.5. The molecule has 0 aromatic heterocycles. The van der Waals surface area contributed by atoms with Gasteiger partial charge in [0.2, 0.25) is 0 Å². The maximum Gasteiger partial charge on any atom is 0.429 e. The molecule has 1 N–H and O–H groups in total. The predicted molar refractivity (Wildman–Crippen MR) is 165 cm³/mol. The van der Waals surface area contributed by atoms with Crippen LogP contribution in [0.1, 0.15) is 65.5 Å². The summed E-state index contributed by atoms with van der Waals surface area (Å²) in [6.45, 7) is 13.3. The predicted octanol–water partition coefficient (Wildman–Crippen LogP) is 4.96. The number of amides is 3. The lowest BCUT2D eigenvalue weighted by Crippen LogP contribution is -2.47. The molecule has 2 aromatic rings. The van der Waals surface area contributed by atoms with Gasteiger partial charge in [-0.15, -0.1) is 0 Å². The number of alkyl carbamates (subject to hydrolysis) is 1. The number of carbonyl (C=O) groups is 3. The molecular formula is C32H41N7O5. The number of nitrogens with one attached hydrogen (secondary N) is 1. The van der Waals surface area contributed by atoms with E-state index >= 15 is 0 Å². The van der Waals surface area contributed by atoms with Crippen LogP contribution in [-0.4, -0.2) is 72.0 Å². The Balaban J connectivity index is 0.000000244. The standard InChI is InChI=1S/C17H22N4O3.C15H19N3O2/c1-17(2,3)24-16(23)19-12-15(22)21-9-5-8-20(21)14-7-4-6-13(10-14)11-18;1-15(2,3)20-14(19)18-9-5-8-17(18)13-7-4-6-12(10-13)11-16/h4,6-7,10H,5,8-9,12H2,1-3H3,(H,19,23);4,6-7,10H,5,8-9H2,1-3H3. The molecule has 44 heavy (non-hydrogen) atoms. The Morgan fingerprint density at radius 3 is 1.70 bits per heavy atom. The van der Waals surface area contributed by atoms with E-state index in [4.69, 9.17) is 20.0 Å². The highest BCUT2D eigenvalue weighted by molar-refractivity contribution is 5.84. The molecule has 2 aliphatic rings. The summed E-state index contributed by atoms with van der Waals surface area (Å²) in [5.41, 5.74) is 1.63. The van der Waals surface area contributed by atoms with Crippen molar-refractivity contribution in [3.05, 3.63) is 59.7 Å². The fourth-order valence-corrected chi connectivity index (χ4v) is 4.55. The van der Waals surface area contributed by atoms with Gasteiger partial charge in [0.25, 0.3) is 5.91 Å². The maximum atomic E-state index is 12.4. The molecule has 2 fully saturated rings. The Labute approximate surface area is 259 Å². The number of carbonyl (C=O) groups excluding carboxylic acids is 3. The minimum atomic E-state index is -0.618. The van der Waals surface area contributed by atoms with Crippen molar-refractivity contribution in [2.45, 2.75) is 65.6 Å². The van der Waals surface area contributed by atoms with E-state index in [9.17, 15) is 14.4 Å². The van der Waals surface area contributed by atoms with Crippen molar-refractivity contribution in [3.63, 3.8) is 0 Å². The Morgan fingerprint density at radius 1 is 0.750 bits per heavy atom. The van der Waals surface area contributed by atoms with E-state index < -0.39 is 17.3 Å². The molecule has 12 heteroatoms. The number of nitrogens with zero attached hydrogens (tertiary/aromatic N) is 6. The number of nitriles is 2. The summed E-state index contributed by atoms with van der Waals surface area (Å²) < 4.78 is 10.5. The van der Waals surface area contributed by atoms with Gasteiger partial charge in [0.05, 0.1) is 34.6 Å². The third-order valence-corrected chi connectivity index (χ3v) is 6.28. The van der Waals surface area contributed by atoms with Crippen LogP contribution in [0.5, 0.6) is 0 Å². The van der Waals surface area contributed by atoms with Crippen molar-refractivity contribution in [1.29, 1.82) is 10.5 Å². The van der Waals surface area contributed by atoms with Gasteiger partial charge in [0.1, 0.15) is 17.7 Å². The third kappa shape index (κ3) is 9.80. The number of hydrogen-bond acceptors (Lipinski definition) is 9. The first-order chi connectivity index (χ1) is 20.7. The van der Waals surface area contributed by atoms with Crippen LogP contribution in [0.15, 0.2) is 48.5 Å². The fourth-order valence-electron chi connectivity index (χ4n) is 4.55. The molecule has 2 aromatic carbocycles. The zero-order valence-corrected chi connectivity index (χ0v) is 26.3. The molecule has 0 saturated carbocycles. The summed E-state index contributed by atoms with van der Waals surface area (Å²) in [6.07, 6.45) is 0.746. The molecule has 12 nitrogen and oxygen atoms in total. The van der Waals surface area contributed by atoms with Gasteiger partial charge in [0, 0.05) is 26.2 Å². The molecule has 2 heterocycles. The molecular weight excluding hydrogens is 562 g/mol. The average Bonchev–Trinajstić information content (AvgIpc) is 3.65. The number of ether oxygens (including phenoxy) is 2. The topological polar surface area (TPSA) is 142 Å². The first-order valence-corrected chi connectivity index (χ1v) is 14.5. The van der Waals surface area contributed by atoms with Crippen LogP contribution >= 0.6 is 0 Å². The van der Waals surface area contributed by atoms with E-state index in [1.807, 2.05) is 49.0 Å². The number of hydrazine groups is 2. The molecule has 2 saturated heterocycles. The third-order valence-electron chi connectivity index (χ3n) is 6.28. The molecule has 2 aliphatic heterocycles. The van der Waals surface area contributed by atoms with Gasteiger partial charge in [-0.25, -0.2) is 14.6 Å². The van der Waals surface area contributed by atoms with Crippen molar-refractivity contribution in [3.8, 4) is 12.1 Å². The second-order valence-electron chi connectivity index (χ2n) is 12.3. The van der Waals surface area contributed by atoms with E-state index in [-0.39, 0.29) is 18.5 Å². The Bertz CT molecular complexity index is 1420. The van der Waals surface area contributed by atoms with Crippen molar-refractivity contribution in [1.82, 2.24) is 15.3 Å². The van der Waals surface area contributed by atoms with E-state index in [2.05, 4.69) is 17.5 Å². The van der Waals surface area contributed by atoms with Gasteiger partial charge >= 0.3 is 12.2 Å². The fraction of sp³-hybridized carbons (Fsp3) is 0.469. The number of anilines is 2. The summed E-state index contributed by atoms with van der Waals surface area (Å²) in [6, 6.07) is 18.5. The van der Waals surface area contributed by atoms with Crippen LogP contribution in [0.25, 0.3) is 0 Å². The highest BCUT2D eigenvalue weighted by atomic mass is 16.6. The quantitative estimate of drug-likeness (QED) is 0.513. The Kier molecular flexibility index (Phi) is 11.0. The molecule has 0 atom stereocenters. The summed E-state index contributed by atoms with van der Waals surface area (Å²) in [5, 5.41) is 27.3. The Hall–Kier alpha value is -4.97. The SMILES string of the molecule is CC(C)(C)OC(=O)N1CCCN1c1cccc(C#N)c1.CC(C)(C)OC(=O)NCC(=O)N1CCCN1c1cccc(C#N)c1. The summed E-state index contributed by atoms with van der Waals surface area (Å²) >= 11 is 0. The van der Waals surface area contributed by atoms with Crippen LogP contribution in [-0.2, 0) is 14.3 Å². The lowest BCUT2D eigenvalue weighted by atomic mass is 10.2. The van der Waals surface area contributed by atoms with E-state index in [0.717, 1.165) is 30.8 Å². The van der Waals surface area contributed by atoms with E-state index in [1.54, 1.807) is 61.1 Å². The normalized spacial score (nSPS) is 14.6. The maximum absolute atomic E-state index is 12.4. The van der Waals surface area contributed by atoms with Crippen LogP contribution in [0, 0.1) is 22.7 Å². The molecule has 234 valence electrons. The summed E-state index contributed by atoms with van der Waals surface area (Å²) in [5.74, 6) is -0.222. The molecule has 3 amide bonds. The van der Waals surface area contributed by atoms with Crippen molar-refractivity contribution in [2.75, 3.05) is 42.7 Å². The van der Waals surface area contributed by atoms with Crippen LogP contribution in [0.4, 0.5) is 21.0 Å². The zero-order chi connectivity index (χ0) is 32.5. The van der Waals surface area contributed by atoms with Gasteiger partial charge in [0.15, 0.2) is 0 Å². The lowest BCUT2D eigenvalue weighted by Gasteiger charge is -2.31. The van der Waals surface area contributed by atoms with Gasteiger partial charge in [-0.05, 0) is 90.8 Å². The summed E-state index contributed by atoms with van der Waals surface area (Å²) in [7, 11) is 0.